The number of H-pyrrole nitrogens is 1. The van der Waals surface area contributed by atoms with Crippen LogP contribution in [0.1, 0.15) is 25.1 Å². The van der Waals surface area contributed by atoms with Gasteiger partial charge in [-0.1, -0.05) is 32.0 Å². The number of Topliss-reactive ketones (excluding diaryl/α,β-unsaturated/α-hetero) is 1. The van der Waals surface area contributed by atoms with Gasteiger partial charge >= 0.3 is 0 Å². The number of para-hydroxylation sites is 1. The minimum absolute atomic E-state index is 0.105. The Balaban J connectivity index is 2.44. The molecule has 0 unspecified atom stereocenters. The molecule has 2 nitrogen and oxygen atoms in total. The van der Waals surface area contributed by atoms with Crippen LogP contribution in [0.5, 0.6) is 0 Å². The van der Waals surface area contributed by atoms with Crippen molar-refractivity contribution in [3.8, 4) is 0 Å². The Bertz CT molecular complexity index is 523. The zero-order valence-electron chi connectivity index (χ0n) is 10.0. The van der Waals surface area contributed by atoms with E-state index in [1.165, 1.54) is 5.39 Å². The number of aromatic amines is 1. The van der Waals surface area contributed by atoms with E-state index in [0.29, 0.717) is 12.2 Å². The zero-order chi connectivity index (χ0) is 11.7. The SMILES string of the molecule is Cc1[nH]c2ccccc2c1CC(=O)C(C)C. The molecule has 0 saturated carbocycles. The van der Waals surface area contributed by atoms with Crippen LogP contribution in [0.2, 0.25) is 0 Å². The average molecular weight is 215 g/mol. The highest BCUT2D eigenvalue weighted by Crippen LogP contribution is 2.23. The van der Waals surface area contributed by atoms with Crippen molar-refractivity contribution in [2.45, 2.75) is 27.2 Å². The lowest BCUT2D eigenvalue weighted by atomic mass is 9.99. The van der Waals surface area contributed by atoms with Crippen LogP contribution in [0.25, 0.3) is 10.9 Å². The molecule has 0 amide bonds. The van der Waals surface area contributed by atoms with Crippen LogP contribution in [-0.2, 0) is 11.2 Å². The third kappa shape index (κ3) is 1.87. The predicted molar refractivity (Wildman–Crippen MR) is 66.6 cm³/mol. The largest absolute Gasteiger partial charge is 0.358 e. The van der Waals surface area contributed by atoms with Gasteiger partial charge in [0.2, 0.25) is 0 Å². The first-order chi connectivity index (χ1) is 7.59. The van der Waals surface area contributed by atoms with E-state index in [1.54, 1.807) is 0 Å². The number of carbonyl (C=O) groups excluding carboxylic acids is 1. The van der Waals surface area contributed by atoms with Crippen LogP contribution >= 0.6 is 0 Å². The summed E-state index contributed by atoms with van der Waals surface area (Å²) in [6.45, 7) is 5.93. The Morgan fingerprint density at radius 3 is 2.69 bits per heavy atom. The van der Waals surface area contributed by atoms with Gasteiger partial charge in [0.25, 0.3) is 0 Å². The summed E-state index contributed by atoms with van der Waals surface area (Å²) in [5, 5.41) is 1.18. The van der Waals surface area contributed by atoms with Crippen LogP contribution < -0.4 is 0 Å². The molecule has 0 radical (unpaired) electrons. The molecule has 1 N–H and O–H groups in total. The van der Waals surface area contributed by atoms with E-state index >= 15 is 0 Å². The number of fused-ring (bicyclic) bond motifs is 1. The van der Waals surface area contributed by atoms with Crippen LogP contribution in [0, 0.1) is 12.8 Å². The molecule has 0 saturated heterocycles. The van der Waals surface area contributed by atoms with E-state index in [4.69, 9.17) is 0 Å². The van der Waals surface area contributed by atoms with Gasteiger partial charge in [0.1, 0.15) is 5.78 Å². The summed E-state index contributed by atoms with van der Waals surface area (Å²) in [6.07, 6.45) is 0.535. The van der Waals surface area contributed by atoms with Gasteiger partial charge in [-0.25, -0.2) is 0 Å². The lowest BCUT2D eigenvalue weighted by Gasteiger charge is -2.04. The monoisotopic (exact) mass is 215 g/mol. The molecule has 0 aliphatic rings. The summed E-state index contributed by atoms with van der Waals surface area (Å²) < 4.78 is 0. The maximum Gasteiger partial charge on any atom is 0.139 e. The fourth-order valence-electron chi connectivity index (χ4n) is 1.94. The van der Waals surface area contributed by atoms with Crippen molar-refractivity contribution in [3.05, 3.63) is 35.5 Å². The number of nitrogens with one attached hydrogen (secondary N) is 1. The molecule has 0 bridgehead atoms. The highest BCUT2D eigenvalue weighted by atomic mass is 16.1. The molecular weight excluding hydrogens is 198 g/mol. The van der Waals surface area contributed by atoms with Gasteiger partial charge < -0.3 is 4.98 Å². The number of hydrogen-bond donors (Lipinski definition) is 1. The van der Waals surface area contributed by atoms with Gasteiger partial charge in [0, 0.05) is 28.9 Å². The van der Waals surface area contributed by atoms with Gasteiger partial charge in [-0.05, 0) is 18.6 Å². The number of ketones is 1. The van der Waals surface area contributed by atoms with Crippen molar-refractivity contribution in [1.29, 1.82) is 0 Å². The van der Waals surface area contributed by atoms with Gasteiger partial charge in [-0.2, -0.15) is 0 Å². The van der Waals surface area contributed by atoms with E-state index in [9.17, 15) is 4.79 Å². The molecule has 84 valence electrons. The standard InChI is InChI=1S/C14H17NO/c1-9(2)14(16)8-12-10(3)15-13-7-5-4-6-11(12)13/h4-7,9,15H,8H2,1-3H3. The van der Waals surface area contributed by atoms with E-state index < -0.39 is 0 Å². The Morgan fingerprint density at radius 1 is 1.31 bits per heavy atom. The number of aryl methyl sites for hydroxylation is 1. The number of aromatic nitrogens is 1. The number of benzene rings is 1. The Hall–Kier alpha value is -1.57. The molecule has 16 heavy (non-hydrogen) atoms. The second kappa shape index (κ2) is 4.12. The van der Waals surface area contributed by atoms with Crippen molar-refractivity contribution >= 4 is 16.7 Å². The fraction of sp³-hybridized carbons (Fsp3) is 0.357. The Morgan fingerprint density at radius 2 is 2.00 bits per heavy atom. The quantitative estimate of drug-likeness (QED) is 0.837. The summed E-state index contributed by atoms with van der Waals surface area (Å²) in [6, 6.07) is 8.14. The van der Waals surface area contributed by atoms with E-state index in [-0.39, 0.29) is 5.92 Å². The molecule has 2 heteroatoms. The third-order valence-corrected chi connectivity index (χ3v) is 3.02. The maximum absolute atomic E-state index is 11.8. The van der Waals surface area contributed by atoms with Crippen LogP contribution in [0.15, 0.2) is 24.3 Å². The van der Waals surface area contributed by atoms with Gasteiger partial charge in [0.15, 0.2) is 0 Å². The molecule has 1 aromatic carbocycles. The van der Waals surface area contributed by atoms with Gasteiger partial charge in [-0.15, -0.1) is 0 Å². The van der Waals surface area contributed by atoms with Gasteiger partial charge in [0.05, 0.1) is 0 Å². The lowest BCUT2D eigenvalue weighted by molar-refractivity contribution is -0.121. The molecule has 0 atom stereocenters. The minimum atomic E-state index is 0.105. The first kappa shape index (κ1) is 10.9. The molecule has 0 aliphatic heterocycles. The van der Waals surface area contributed by atoms with Crippen molar-refractivity contribution in [3.63, 3.8) is 0 Å². The first-order valence-electron chi connectivity index (χ1n) is 5.68. The van der Waals surface area contributed by atoms with E-state index in [0.717, 1.165) is 16.8 Å². The average Bonchev–Trinajstić information content (AvgIpc) is 2.55. The van der Waals surface area contributed by atoms with E-state index in [2.05, 4.69) is 11.1 Å². The normalized spacial score (nSPS) is 11.2. The Labute approximate surface area is 95.7 Å². The molecule has 0 fully saturated rings. The number of hydrogen-bond acceptors (Lipinski definition) is 1. The zero-order valence-corrected chi connectivity index (χ0v) is 10.0. The topological polar surface area (TPSA) is 32.9 Å². The van der Waals surface area contributed by atoms with Gasteiger partial charge in [-0.3, -0.25) is 4.79 Å². The minimum Gasteiger partial charge on any atom is -0.358 e. The van der Waals surface area contributed by atoms with Crippen LogP contribution in [0.3, 0.4) is 0 Å². The van der Waals surface area contributed by atoms with Crippen molar-refractivity contribution in [1.82, 2.24) is 4.98 Å². The summed E-state index contributed by atoms with van der Waals surface area (Å²) in [7, 11) is 0. The second-order valence-corrected chi connectivity index (χ2v) is 4.57. The summed E-state index contributed by atoms with van der Waals surface area (Å²) in [4.78, 5) is 15.1. The first-order valence-corrected chi connectivity index (χ1v) is 5.68. The molecule has 0 aliphatic carbocycles. The van der Waals surface area contributed by atoms with Crippen molar-refractivity contribution < 1.29 is 4.79 Å². The molecular formula is C14H17NO. The lowest BCUT2D eigenvalue weighted by Crippen LogP contribution is -2.10. The van der Waals surface area contributed by atoms with Crippen LogP contribution in [-0.4, -0.2) is 10.8 Å². The van der Waals surface area contributed by atoms with E-state index in [1.807, 2.05) is 39.0 Å². The van der Waals surface area contributed by atoms with Crippen molar-refractivity contribution in [2.24, 2.45) is 5.92 Å². The summed E-state index contributed by atoms with van der Waals surface area (Å²) in [5.74, 6) is 0.404. The smallest absolute Gasteiger partial charge is 0.139 e. The van der Waals surface area contributed by atoms with Crippen molar-refractivity contribution in [2.75, 3.05) is 0 Å². The highest BCUT2D eigenvalue weighted by molar-refractivity contribution is 5.91. The third-order valence-electron chi connectivity index (χ3n) is 3.02. The summed E-state index contributed by atoms with van der Waals surface area (Å²) >= 11 is 0. The second-order valence-electron chi connectivity index (χ2n) is 4.57. The maximum atomic E-state index is 11.8. The molecule has 2 rings (SSSR count). The predicted octanol–water partition coefficient (Wildman–Crippen LogP) is 3.24. The number of rotatable bonds is 3. The molecule has 1 heterocycles. The highest BCUT2D eigenvalue weighted by Gasteiger charge is 2.14. The fourth-order valence-corrected chi connectivity index (χ4v) is 1.94. The molecule has 2 aromatic rings. The number of carbonyl (C=O) groups is 1. The Kier molecular flexibility index (Phi) is 2.82. The molecule has 0 spiro atoms. The summed E-state index contributed by atoms with van der Waals surface area (Å²) in [5.41, 5.74) is 3.37. The molecule has 1 aromatic heterocycles. The van der Waals surface area contributed by atoms with Crippen LogP contribution in [0.4, 0.5) is 0 Å².